The fraction of sp³-hybridized carbons (Fsp3) is 0.529. The Morgan fingerprint density at radius 2 is 1.67 bits per heavy atom. The first-order valence-corrected chi connectivity index (χ1v) is 7.62. The zero-order valence-corrected chi connectivity index (χ0v) is 12.5. The van der Waals surface area contributed by atoms with Crippen LogP contribution in [0, 0.1) is 0 Å². The molecule has 4 nitrogen and oxygen atoms in total. The summed E-state index contributed by atoms with van der Waals surface area (Å²) in [5.41, 5.74) is 0.986. The lowest BCUT2D eigenvalue weighted by Crippen LogP contribution is -2.25. The second-order valence-electron chi connectivity index (χ2n) is 5.00. The summed E-state index contributed by atoms with van der Waals surface area (Å²) < 4.78 is 5.11. The van der Waals surface area contributed by atoms with Gasteiger partial charge in [0.05, 0.1) is 0 Å². The first-order valence-electron chi connectivity index (χ1n) is 7.62. The molecule has 21 heavy (non-hydrogen) atoms. The molecule has 1 aromatic rings. The van der Waals surface area contributed by atoms with Crippen molar-refractivity contribution in [2.45, 2.75) is 51.6 Å². The predicted octanol–water partition coefficient (Wildman–Crippen LogP) is 3.75. The second kappa shape index (κ2) is 11.9. The number of benzene rings is 1. The van der Waals surface area contributed by atoms with Crippen LogP contribution >= 0.6 is 0 Å². The second-order valence-corrected chi connectivity index (χ2v) is 5.00. The highest BCUT2D eigenvalue weighted by Gasteiger charge is 2.01. The van der Waals surface area contributed by atoms with Crippen molar-refractivity contribution in [2.24, 2.45) is 0 Å². The molecule has 0 saturated heterocycles. The van der Waals surface area contributed by atoms with Gasteiger partial charge in [-0.2, -0.15) is 0 Å². The van der Waals surface area contributed by atoms with Crippen LogP contribution in [-0.4, -0.2) is 18.9 Å². The van der Waals surface area contributed by atoms with Gasteiger partial charge in [-0.15, -0.1) is 0 Å². The Morgan fingerprint density at radius 1 is 1.00 bits per heavy atom. The number of ether oxygens (including phenoxy) is 1. The van der Waals surface area contributed by atoms with Gasteiger partial charge in [-0.1, -0.05) is 56.0 Å². The van der Waals surface area contributed by atoms with Crippen molar-refractivity contribution in [3.05, 3.63) is 35.9 Å². The van der Waals surface area contributed by atoms with E-state index in [2.05, 4.69) is 5.32 Å². The minimum atomic E-state index is -0.361. The summed E-state index contributed by atoms with van der Waals surface area (Å²) in [4.78, 5) is 21.5. The summed E-state index contributed by atoms with van der Waals surface area (Å²) in [6.07, 6.45) is 8.44. The molecule has 115 valence electrons. The molecule has 0 heterocycles. The van der Waals surface area contributed by atoms with Crippen LogP contribution in [0.3, 0.4) is 0 Å². The Labute approximate surface area is 126 Å². The average molecular weight is 290 g/mol. The quantitative estimate of drug-likeness (QED) is 0.631. The number of carbonyl (C=O) groups is 1. The third-order valence-electron chi connectivity index (χ3n) is 3.19. The standard InChI is InChI=1S/C17H24NO3/c19-14-10-5-3-1-2-4-9-13-18-17(20)21-15-16-11-7-6-8-12-16/h6-8,11-12H,1-5,9-10,13,15H2,(H,18,20). The molecule has 4 heteroatoms. The molecule has 1 aromatic carbocycles. The number of nitrogens with one attached hydrogen (secondary N) is 1. The molecule has 0 bridgehead atoms. The van der Waals surface area contributed by atoms with E-state index in [0.29, 0.717) is 19.6 Å². The van der Waals surface area contributed by atoms with E-state index in [1.54, 1.807) is 0 Å². The number of rotatable bonds is 11. The van der Waals surface area contributed by atoms with E-state index in [9.17, 15) is 9.59 Å². The topological polar surface area (TPSA) is 55.4 Å². The number of unbranched alkanes of at least 4 members (excludes halogenated alkanes) is 6. The normalized spacial score (nSPS) is 10.1. The minimum Gasteiger partial charge on any atom is -0.445 e. The monoisotopic (exact) mass is 290 g/mol. The Hall–Kier alpha value is -1.84. The minimum absolute atomic E-state index is 0.306. The molecule has 0 aliphatic carbocycles. The highest BCUT2D eigenvalue weighted by atomic mass is 16.5. The fourth-order valence-corrected chi connectivity index (χ4v) is 1.99. The molecule has 0 unspecified atom stereocenters. The Kier molecular flexibility index (Phi) is 9.79. The van der Waals surface area contributed by atoms with Gasteiger partial charge in [0.15, 0.2) is 6.29 Å². The average Bonchev–Trinajstić information content (AvgIpc) is 2.52. The zero-order valence-electron chi connectivity index (χ0n) is 12.5. The molecule has 1 radical (unpaired) electrons. The lowest BCUT2D eigenvalue weighted by atomic mass is 10.1. The Balaban J connectivity index is 1.90. The van der Waals surface area contributed by atoms with E-state index >= 15 is 0 Å². The van der Waals surface area contributed by atoms with Crippen LogP contribution in [0.1, 0.15) is 50.5 Å². The van der Waals surface area contributed by atoms with Gasteiger partial charge >= 0.3 is 6.09 Å². The predicted molar refractivity (Wildman–Crippen MR) is 82.6 cm³/mol. The van der Waals surface area contributed by atoms with Gasteiger partial charge in [0, 0.05) is 13.0 Å². The summed E-state index contributed by atoms with van der Waals surface area (Å²) in [7, 11) is 0. The van der Waals surface area contributed by atoms with Gasteiger partial charge in [-0.3, -0.25) is 4.79 Å². The van der Waals surface area contributed by atoms with E-state index < -0.39 is 0 Å². The van der Waals surface area contributed by atoms with Gasteiger partial charge in [0.25, 0.3) is 0 Å². The van der Waals surface area contributed by atoms with Crippen LogP contribution in [0.2, 0.25) is 0 Å². The molecule has 1 N–H and O–H groups in total. The van der Waals surface area contributed by atoms with E-state index in [0.717, 1.165) is 44.1 Å². The Bertz CT molecular complexity index is 392. The van der Waals surface area contributed by atoms with E-state index in [-0.39, 0.29) is 6.09 Å². The van der Waals surface area contributed by atoms with E-state index in [1.165, 1.54) is 0 Å². The summed E-state index contributed by atoms with van der Waals surface area (Å²) in [6, 6.07) is 9.62. The van der Waals surface area contributed by atoms with E-state index in [4.69, 9.17) is 4.74 Å². The van der Waals surface area contributed by atoms with Crippen LogP contribution < -0.4 is 5.32 Å². The molecule has 0 saturated carbocycles. The molecule has 0 fully saturated rings. The van der Waals surface area contributed by atoms with Crippen molar-refractivity contribution in [1.29, 1.82) is 0 Å². The molecular formula is C17H24NO3. The third kappa shape index (κ3) is 9.66. The molecule has 0 aliphatic heterocycles. The SMILES string of the molecule is O=[C]CCCCCCCCNC(=O)OCc1ccccc1. The van der Waals surface area contributed by atoms with Gasteiger partial charge < -0.3 is 10.1 Å². The number of hydrogen-bond donors (Lipinski definition) is 1. The summed E-state index contributed by atoms with van der Waals surface area (Å²) >= 11 is 0. The first-order chi connectivity index (χ1) is 10.3. The highest BCUT2D eigenvalue weighted by Crippen LogP contribution is 2.06. The van der Waals surface area contributed by atoms with Crippen LogP contribution in [0.15, 0.2) is 30.3 Å². The Morgan fingerprint density at radius 3 is 2.38 bits per heavy atom. The molecule has 0 spiro atoms. The van der Waals surface area contributed by atoms with Gasteiger partial charge in [-0.05, 0) is 18.4 Å². The maximum Gasteiger partial charge on any atom is 0.407 e. The van der Waals surface area contributed by atoms with Crippen LogP contribution in [0.5, 0.6) is 0 Å². The number of alkyl carbamates (subject to hydrolysis) is 1. The zero-order chi connectivity index (χ0) is 15.2. The van der Waals surface area contributed by atoms with Crippen molar-refractivity contribution in [1.82, 2.24) is 5.32 Å². The molecule has 1 rings (SSSR count). The number of hydrogen-bond acceptors (Lipinski definition) is 3. The van der Waals surface area contributed by atoms with Crippen LogP contribution in [0.4, 0.5) is 4.79 Å². The summed E-state index contributed by atoms with van der Waals surface area (Å²) in [5.74, 6) is 0. The highest BCUT2D eigenvalue weighted by molar-refractivity contribution is 5.67. The molecule has 0 atom stereocenters. The summed E-state index contributed by atoms with van der Waals surface area (Å²) in [6.45, 7) is 0.955. The largest absolute Gasteiger partial charge is 0.445 e. The van der Waals surface area contributed by atoms with Crippen LogP contribution in [-0.2, 0) is 16.1 Å². The number of amides is 1. The van der Waals surface area contributed by atoms with Crippen molar-refractivity contribution in [3.8, 4) is 0 Å². The van der Waals surface area contributed by atoms with Gasteiger partial charge in [0.2, 0.25) is 0 Å². The van der Waals surface area contributed by atoms with Crippen molar-refractivity contribution in [3.63, 3.8) is 0 Å². The van der Waals surface area contributed by atoms with Crippen LogP contribution in [0.25, 0.3) is 0 Å². The maximum atomic E-state index is 11.5. The third-order valence-corrected chi connectivity index (χ3v) is 3.19. The fourth-order valence-electron chi connectivity index (χ4n) is 1.99. The molecule has 0 aliphatic rings. The lowest BCUT2D eigenvalue weighted by Gasteiger charge is -2.07. The molecule has 0 aromatic heterocycles. The van der Waals surface area contributed by atoms with Gasteiger partial charge in [-0.25, -0.2) is 4.79 Å². The van der Waals surface area contributed by atoms with Crippen molar-refractivity contribution >= 4 is 12.4 Å². The molecular weight excluding hydrogens is 266 g/mol. The number of carbonyl (C=O) groups excluding carboxylic acids is 2. The summed E-state index contributed by atoms with van der Waals surface area (Å²) in [5, 5.41) is 2.75. The first kappa shape index (κ1) is 17.2. The van der Waals surface area contributed by atoms with E-state index in [1.807, 2.05) is 36.6 Å². The van der Waals surface area contributed by atoms with Gasteiger partial charge in [0.1, 0.15) is 6.61 Å². The molecule has 1 amide bonds. The van der Waals surface area contributed by atoms with Crippen molar-refractivity contribution < 1.29 is 14.3 Å². The lowest BCUT2D eigenvalue weighted by molar-refractivity contribution is 0.139. The maximum absolute atomic E-state index is 11.5. The van der Waals surface area contributed by atoms with Crippen molar-refractivity contribution in [2.75, 3.05) is 6.54 Å². The smallest absolute Gasteiger partial charge is 0.407 e.